The van der Waals surface area contributed by atoms with Crippen molar-refractivity contribution in [2.75, 3.05) is 24.4 Å². The maximum Gasteiger partial charge on any atom is 0.282 e. The summed E-state index contributed by atoms with van der Waals surface area (Å²) in [6.45, 7) is 6.13. The molecular formula is C28H28N2O4. The summed E-state index contributed by atoms with van der Waals surface area (Å²) < 4.78 is 10.8. The average molecular weight is 457 g/mol. The van der Waals surface area contributed by atoms with E-state index in [1.165, 1.54) is 17.6 Å². The number of nitrogens with zero attached hydrogens (tertiary/aromatic N) is 1. The van der Waals surface area contributed by atoms with Gasteiger partial charge in [-0.25, -0.2) is 4.90 Å². The van der Waals surface area contributed by atoms with Crippen LogP contribution in [0.2, 0.25) is 0 Å². The number of aryl methyl sites for hydroxylation is 1. The molecule has 0 aromatic heterocycles. The molecule has 0 atom stereocenters. The molecular weight excluding hydrogens is 428 g/mol. The second-order valence-corrected chi connectivity index (χ2v) is 8.45. The molecule has 174 valence electrons. The van der Waals surface area contributed by atoms with Gasteiger partial charge in [-0.2, -0.15) is 0 Å². The van der Waals surface area contributed by atoms with Crippen LogP contribution in [0.25, 0.3) is 5.57 Å². The van der Waals surface area contributed by atoms with Gasteiger partial charge in [-0.05, 0) is 59.9 Å². The van der Waals surface area contributed by atoms with Crippen LogP contribution >= 0.6 is 0 Å². The van der Waals surface area contributed by atoms with E-state index in [0.717, 1.165) is 11.3 Å². The van der Waals surface area contributed by atoms with Crippen molar-refractivity contribution in [3.8, 4) is 11.5 Å². The lowest BCUT2D eigenvalue weighted by molar-refractivity contribution is -0.120. The third-order valence-electron chi connectivity index (χ3n) is 5.96. The Morgan fingerprint density at radius 2 is 1.50 bits per heavy atom. The Kier molecular flexibility index (Phi) is 6.41. The molecule has 1 N–H and O–H groups in total. The van der Waals surface area contributed by atoms with Crippen molar-refractivity contribution in [1.82, 2.24) is 0 Å². The van der Waals surface area contributed by atoms with E-state index in [1.807, 2.05) is 49.4 Å². The number of rotatable bonds is 7. The largest absolute Gasteiger partial charge is 0.493 e. The minimum atomic E-state index is -0.406. The molecule has 0 spiro atoms. The molecule has 0 saturated carbocycles. The van der Waals surface area contributed by atoms with Gasteiger partial charge in [0.1, 0.15) is 5.70 Å². The van der Waals surface area contributed by atoms with Crippen LogP contribution in [0.5, 0.6) is 11.5 Å². The van der Waals surface area contributed by atoms with Crippen LogP contribution in [0.3, 0.4) is 0 Å². The Morgan fingerprint density at radius 1 is 0.824 bits per heavy atom. The standard InChI is InChI=1S/C28H28N2O4/c1-17(2)19-10-13-21(14-11-19)29-26-25(20-12-15-23(33-4)24(16-20)34-5)27(31)30(28(26)32)22-9-7-6-8-18(22)3/h6-17,29H,1-5H3. The highest BCUT2D eigenvalue weighted by Gasteiger charge is 2.41. The summed E-state index contributed by atoms with van der Waals surface area (Å²) in [4.78, 5) is 28.6. The van der Waals surface area contributed by atoms with Crippen molar-refractivity contribution in [2.24, 2.45) is 0 Å². The lowest BCUT2D eigenvalue weighted by Crippen LogP contribution is -2.33. The van der Waals surface area contributed by atoms with E-state index in [-0.39, 0.29) is 11.3 Å². The molecule has 0 radical (unpaired) electrons. The second kappa shape index (κ2) is 9.43. The number of methoxy groups -OCH3 is 2. The first-order valence-corrected chi connectivity index (χ1v) is 11.1. The van der Waals surface area contributed by atoms with Crippen molar-refractivity contribution < 1.29 is 19.1 Å². The number of para-hydroxylation sites is 1. The van der Waals surface area contributed by atoms with Gasteiger partial charge in [0.05, 0.1) is 25.5 Å². The van der Waals surface area contributed by atoms with Gasteiger partial charge in [0.15, 0.2) is 11.5 Å². The molecule has 6 nitrogen and oxygen atoms in total. The smallest absolute Gasteiger partial charge is 0.282 e. The maximum absolute atomic E-state index is 13.7. The van der Waals surface area contributed by atoms with Crippen molar-refractivity contribution in [1.29, 1.82) is 0 Å². The van der Waals surface area contributed by atoms with Crippen LogP contribution in [0.15, 0.2) is 72.4 Å². The normalized spacial score (nSPS) is 13.6. The van der Waals surface area contributed by atoms with Crippen LogP contribution in [0, 0.1) is 6.92 Å². The van der Waals surface area contributed by atoms with Gasteiger partial charge in [-0.15, -0.1) is 0 Å². The molecule has 1 heterocycles. The Balaban J connectivity index is 1.83. The molecule has 1 aliphatic rings. The van der Waals surface area contributed by atoms with Crippen LogP contribution in [-0.2, 0) is 9.59 Å². The van der Waals surface area contributed by atoms with Crippen LogP contribution in [0.1, 0.15) is 36.5 Å². The van der Waals surface area contributed by atoms with Gasteiger partial charge >= 0.3 is 0 Å². The molecule has 0 bridgehead atoms. The summed E-state index contributed by atoms with van der Waals surface area (Å²) in [7, 11) is 3.08. The van der Waals surface area contributed by atoms with Crippen LogP contribution < -0.4 is 19.7 Å². The van der Waals surface area contributed by atoms with E-state index in [4.69, 9.17) is 9.47 Å². The maximum atomic E-state index is 13.7. The highest BCUT2D eigenvalue weighted by atomic mass is 16.5. The fourth-order valence-corrected chi connectivity index (χ4v) is 4.03. The minimum absolute atomic E-state index is 0.220. The molecule has 6 heteroatoms. The van der Waals surface area contributed by atoms with Gasteiger partial charge in [-0.1, -0.05) is 50.2 Å². The van der Waals surface area contributed by atoms with E-state index in [2.05, 4.69) is 19.2 Å². The predicted molar refractivity (Wildman–Crippen MR) is 134 cm³/mol. The summed E-state index contributed by atoms with van der Waals surface area (Å²) in [6.07, 6.45) is 0. The molecule has 34 heavy (non-hydrogen) atoms. The van der Waals surface area contributed by atoms with Gasteiger partial charge in [0.25, 0.3) is 11.8 Å². The fraction of sp³-hybridized carbons (Fsp3) is 0.214. The number of hydrogen-bond donors (Lipinski definition) is 1. The molecule has 1 aliphatic heterocycles. The van der Waals surface area contributed by atoms with Crippen LogP contribution in [0.4, 0.5) is 11.4 Å². The number of ether oxygens (including phenoxy) is 2. The van der Waals surface area contributed by atoms with Crippen LogP contribution in [-0.4, -0.2) is 26.0 Å². The molecule has 0 saturated heterocycles. The number of carbonyl (C=O) groups is 2. The number of imide groups is 1. The van der Waals surface area contributed by atoms with Crippen molar-refractivity contribution >= 4 is 28.8 Å². The quantitative estimate of drug-likeness (QED) is 0.473. The number of hydrogen-bond acceptors (Lipinski definition) is 5. The second-order valence-electron chi connectivity index (χ2n) is 8.45. The van der Waals surface area contributed by atoms with Crippen molar-refractivity contribution in [3.63, 3.8) is 0 Å². The van der Waals surface area contributed by atoms with E-state index in [1.54, 1.807) is 31.4 Å². The molecule has 2 amide bonds. The van der Waals surface area contributed by atoms with Crippen molar-refractivity contribution in [3.05, 3.63) is 89.1 Å². The molecule has 4 rings (SSSR count). The SMILES string of the molecule is COc1ccc(C2=C(Nc3ccc(C(C)C)cc3)C(=O)N(c3ccccc3C)C2=O)cc1OC. The number of carbonyl (C=O) groups excluding carboxylic acids is 2. The third-order valence-corrected chi connectivity index (χ3v) is 5.96. The summed E-state index contributed by atoms with van der Waals surface area (Å²) in [5.41, 5.74) is 4.37. The lowest BCUT2D eigenvalue weighted by Gasteiger charge is -2.18. The third kappa shape index (κ3) is 4.15. The Bertz CT molecular complexity index is 1280. The Labute approximate surface area is 199 Å². The van der Waals surface area contributed by atoms with E-state index < -0.39 is 11.8 Å². The first-order valence-electron chi connectivity index (χ1n) is 11.1. The molecule has 0 aliphatic carbocycles. The first kappa shape index (κ1) is 23.1. The number of anilines is 2. The number of benzene rings is 3. The highest BCUT2D eigenvalue weighted by molar-refractivity contribution is 6.46. The molecule has 3 aromatic carbocycles. The van der Waals surface area contributed by atoms with E-state index in [9.17, 15) is 9.59 Å². The summed E-state index contributed by atoms with van der Waals surface area (Å²) in [5.74, 6) is 0.604. The van der Waals surface area contributed by atoms with Gasteiger partial charge in [0, 0.05) is 5.69 Å². The summed E-state index contributed by atoms with van der Waals surface area (Å²) >= 11 is 0. The highest BCUT2D eigenvalue weighted by Crippen LogP contribution is 2.38. The Morgan fingerprint density at radius 3 is 2.12 bits per heavy atom. The summed E-state index contributed by atoms with van der Waals surface area (Å²) in [5, 5.41) is 3.22. The average Bonchev–Trinajstić information content (AvgIpc) is 3.08. The molecule has 3 aromatic rings. The monoisotopic (exact) mass is 456 g/mol. The Hall–Kier alpha value is -4.06. The predicted octanol–water partition coefficient (Wildman–Crippen LogP) is 5.53. The lowest BCUT2D eigenvalue weighted by atomic mass is 10.0. The van der Waals surface area contributed by atoms with Crippen molar-refractivity contribution in [2.45, 2.75) is 26.7 Å². The minimum Gasteiger partial charge on any atom is -0.493 e. The topological polar surface area (TPSA) is 67.9 Å². The molecule has 0 unspecified atom stereocenters. The molecule has 0 fully saturated rings. The first-order chi connectivity index (χ1) is 16.3. The van der Waals surface area contributed by atoms with Gasteiger partial charge in [0.2, 0.25) is 0 Å². The van der Waals surface area contributed by atoms with E-state index >= 15 is 0 Å². The number of amides is 2. The van der Waals surface area contributed by atoms with E-state index in [0.29, 0.717) is 28.7 Å². The zero-order valence-corrected chi connectivity index (χ0v) is 20.0. The number of nitrogens with one attached hydrogen (secondary N) is 1. The zero-order chi connectivity index (χ0) is 24.4. The summed E-state index contributed by atoms with van der Waals surface area (Å²) in [6, 6.07) is 20.4. The van der Waals surface area contributed by atoms with Gasteiger partial charge < -0.3 is 14.8 Å². The zero-order valence-electron chi connectivity index (χ0n) is 20.0. The van der Waals surface area contributed by atoms with Gasteiger partial charge in [-0.3, -0.25) is 9.59 Å². The fourth-order valence-electron chi connectivity index (χ4n) is 4.03.